The summed E-state index contributed by atoms with van der Waals surface area (Å²) in [6, 6.07) is 18.5. The second kappa shape index (κ2) is 12.9. The van der Waals surface area contributed by atoms with Gasteiger partial charge < -0.3 is 20.1 Å². The minimum atomic E-state index is 0.578. The zero-order valence-electron chi connectivity index (χ0n) is 16.4. The van der Waals surface area contributed by atoms with Crippen molar-refractivity contribution in [1.82, 2.24) is 10.6 Å². The molecule has 0 aliphatic heterocycles. The molecule has 5 heteroatoms. The van der Waals surface area contributed by atoms with Gasteiger partial charge in [0.15, 0.2) is 5.96 Å². The van der Waals surface area contributed by atoms with Crippen LogP contribution < -0.4 is 10.6 Å². The quantitative estimate of drug-likeness (QED) is 0.362. The Bertz CT molecular complexity index is 674. The summed E-state index contributed by atoms with van der Waals surface area (Å²) >= 11 is 0. The molecule has 2 aromatic carbocycles. The number of guanidine groups is 1. The van der Waals surface area contributed by atoms with E-state index in [0.29, 0.717) is 26.4 Å². The van der Waals surface area contributed by atoms with E-state index in [2.05, 4.69) is 41.8 Å². The Morgan fingerprint density at radius 2 is 1.59 bits per heavy atom. The summed E-state index contributed by atoms with van der Waals surface area (Å²) in [4.78, 5) is 4.69. The predicted molar refractivity (Wildman–Crippen MR) is 111 cm³/mol. The van der Waals surface area contributed by atoms with Gasteiger partial charge in [0.2, 0.25) is 0 Å². The largest absolute Gasteiger partial charge is 0.380 e. The van der Waals surface area contributed by atoms with Crippen LogP contribution >= 0.6 is 0 Å². The van der Waals surface area contributed by atoms with E-state index in [1.807, 2.05) is 37.3 Å². The van der Waals surface area contributed by atoms with Crippen molar-refractivity contribution in [3.8, 4) is 0 Å². The van der Waals surface area contributed by atoms with Crippen molar-refractivity contribution >= 4 is 5.96 Å². The number of hydrogen-bond donors (Lipinski definition) is 2. The summed E-state index contributed by atoms with van der Waals surface area (Å²) < 4.78 is 11.3. The van der Waals surface area contributed by atoms with Crippen LogP contribution in [-0.2, 0) is 29.2 Å². The van der Waals surface area contributed by atoms with Gasteiger partial charge in [0.25, 0.3) is 0 Å². The molecule has 0 unspecified atom stereocenters. The summed E-state index contributed by atoms with van der Waals surface area (Å²) in [6.45, 7) is 8.81. The summed E-state index contributed by atoms with van der Waals surface area (Å²) in [7, 11) is 0. The molecule has 5 nitrogen and oxygen atoms in total. The van der Waals surface area contributed by atoms with E-state index in [4.69, 9.17) is 14.5 Å². The van der Waals surface area contributed by atoms with Crippen LogP contribution in [0.3, 0.4) is 0 Å². The van der Waals surface area contributed by atoms with Gasteiger partial charge in [-0.25, -0.2) is 4.99 Å². The van der Waals surface area contributed by atoms with Crippen LogP contribution in [0.15, 0.2) is 59.6 Å². The lowest BCUT2D eigenvalue weighted by molar-refractivity contribution is 0.106. The SMILES string of the molecule is CCNC(=NCc1ccccc1COCc1ccccc1)NCCOCC. The Hall–Kier alpha value is -2.37. The van der Waals surface area contributed by atoms with Crippen LogP contribution in [0.5, 0.6) is 0 Å². The van der Waals surface area contributed by atoms with E-state index < -0.39 is 0 Å². The molecule has 146 valence electrons. The first-order chi connectivity index (χ1) is 13.3. The van der Waals surface area contributed by atoms with E-state index >= 15 is 0 Å². The third-order valence-electron chi connectivity index (χ3n) is 3.98. The van der Waals surface area contributed by atoms with Crippen molar-refractivity contribution in [1.29, 1.82) is 0 Å². The number of rotatable bonds is 11. The molecule has 2 rings (SSSR count). The van der Waals surface area contributed by atoms with Gasteiger partial charge >= 0.3 is 0 Å². The highest BCUT2D eigenvalue weighted by molar-refractivity contribution is 5.79. The molecule has 0 spiro atoms. The normalized spacial score (nSPS) is 11.4. The molecule has 0 radical (unpaired) electrons. The molecule has 0 aliphatic rings. The van der Waals surface area contributed by atoms with Gasteiger partial charge in [0.05, 0.1) is 26.4 Å². The summed E-state index contributed by atoms with van der Waals surface area (Å²) in [6.07, 6.45) is 0. The molecule has 2 N–H and O–H groups in total. The molecular formula is C22H31N3O2. The molecule has 0 fully saturated rings. The van der Waals surface area contributed by atoms with E-state index in [1.54, 1.807) is 0 Å². The molecule has 0 heterocycles. The predicted octanol–water partition coefficient (Wildman–Crippen LogP) is 3.50. The van der Waals surface area contributed by atoms with E-state index in [1.165, 1.54) is 16.7 Å². The summed E-state index contributed by atoms with van der Waals surface area (Å²) in [5.74, 6) is 0.803. The van der Waals surface area contributed by atoms with Crippen LogP contribution in [0.25, 0.3) is 0 Å². The molecule has 0 saturated carbocycles. The first kappa shape index (κ1) is 20.9. The number of hydrogen-bond acceptors (Lipinski definition) is 3. The monoisotopic (exact) mass is 369 g/mol. The topological polar surface area (TPSA) is 54.9 Å². The van der Waals surface area contributed by atoms with Crippen LogP contribution in [0.1, 0.15) is 30.5 Å². The van der Waals surface area contributed by atoms with E-state index in [-0.39, 0.29) is 0 Å². The molecule has 2 aromatic rings. The number of benzene rings is 2. The fourth-order valence-corrected chi connectivity index (χ4v) is 2.60. The maximum Gasteiger partial charge on any atom is 0.191 e. The van der Waals surface area contributed by atoms with E-state index in [9.17, 15) is 0 Å². The third-order valence-corrected chi connectivity index (χ3v) is 3.98. The highest BCUT2D eigenvalue weighted by Crippen LogP contribution is 2.13. The Morgan fingerprint density at radius 3 is 2.33 bits per heavy atom. The zero-order valence-corrected chi connectivity index (χ0v) is 16.4. The standard InChI is InChI=1S/C22H31N3O2/c1-3-23-22(24-14-15-26-4-2)25-16-20-12-8-9-13-21(20)18-27-17-19-10-6-5-7-11-19/h5-13H,3-4,14-18H2,1-2H3,(H2,23,24,25). The van der Waals surface area contributed by atoms with Gasteiger partial charge in [-0.3, -0.25) is 0 Å². The number of nitrogens with zero attached hydrogens (tertiary/aromatic N) is 1. The first-order valence-corrected chi connectivity index (χ1v) is 9.61. The maximum absolute atomic E-state index is 5.90. The Labute approximate surface area is 162 Å². The van der Waals surface area contributed by atoms with Crippen LogP contribution in [0.4, 0.5) is 0 Å². The second-order valence-corrected chi connectivity index (χ2v) is 6.07. The van der Waals surface area contributed by atoms with Crippen molar-refractivity contribution in [3.05, 3.63) is 71.3 Å². The molecule has 0 saturated heterocycles. The zero-order chi connectivity index (χ0) is 19.2. The van der Waals surface area contributed by atoms with E-state index in [0.717, 1.165) is 25.7 Å². The fourth-order valence-electron chi connectivity index (χ4n) is 2.60. The minimum Gasteiger partial charge on any atom is -0.380 e. The highest BCUT2D eigenvalue weighted by atomic mass is 16.5. The number of nitrogens with one attached hydrogen (secondary N) is 2. The molecule has 0 amide bonds. The van der Waals surface area contributed by atoms with Crippen molar-refractivity contribution in [2.45, 2.75) is 33.6 Å². The lowest BCUT2D eigenvalue weighted by Gasteiger charge is -2.13. The number of ether oxygens (including phenoxy) is 2. The molecule has 0 aliphatic carbocycles. The van der Waals surface area contributed by atoms with Crippen molar-refractivity contribution in [2.75, 3.05) is 26.3 Å². The molecular weight excluding hydrogens is 338 g/mol. The number of aliphatic imine (C=N–C) groups is 1. The maximum atomic E-state index is 5.90. The molecule has 0 bridgehead atoms. The Morgan fingerprint density at radius 1 is 0.852 bits per heavy atom. The molecule has 0 aromatic heterocycles. The summed E-state index contributed by atoms with van der Waals surface area (Å²) in [5.41, 5.74) is 3.52. The van der Waals surface area contributed by atoms with Gasteiger partial charge in [-0.1, -0.05) is 54.6 Å². The average molecular weight is 370 g/mol. The van der Waals surface area contributed by atoms with Crippen LogP contribution in [0, 0.1) is 0 Å². The second-order valence-electron chi connectivity index (χ2n) is 6.07. The summed E-state index contributed by atoms with van der Waals surface area (Å²) in [5, 5.41) is 6.56. The molecule has 0 atom stereocenters. The van der Waals surface area contributed by atoms with Crippen LogP contribution in [-0.4, -0.2) is 32.3 Å². The third kappa shape index (κ3) is 8.24. The van der Waals surface area contributed by atoms with Gasteiger partial charge in [-0.05, 0) is 30.5 Å². The van der Waals surface area contributed by atoms with Gasteiger partial charge in [-0.15, -0.1) is 0 Å². The highest BCUT2D eigenvalue weighted by Gasteiger charge is 2.03. The van der Waals surface area contributed by atoms with Crippen molar-refractivity contribution in [2.24, 2.45) is 4.99 Å². The first-order valence-electron chi connectivity index (χ1n) is 9.61. The fraction of sp³-hybridized carbons (Fsp3) is 0.409. The lowest BCUT2D eigenvalue weighted by Crippen LogP contribution is -2.39. The average Bonchev–Trinajstić information content (AvgIpc) is 2.71. The van der Waals surface area contributed by atoms with Gasteiger partial charge in [0.1, 0.15) is 0 Å². The Balaban J connectivity index is 1.90. The smallest absolute Gasteiger partial charge is 0.191 e. The van der Waals surface area contributed by atoms with Gasteiger partial charge in [0, 0.05) is 19.7 Å². The van der Waals surface area contributed by atoms with Crippen molar-refractivity contribution < 1.29 is 9.47 Å². The van der Waals surface area contributed by atoms with Crippen molar-refractivity contribution in [3.63, 3.8) is 0 Å². The minimum absolute atomic E-state index is 0.578. The Kier molecular flexibility index (Phi) is 10.0. The van der Waals surface area contributed by atoms with Gasteiger partial charge in [-0.2, -0.15) is 0 Å². The lowest BCUT2D eigenvalue weighted by atomic mass is 10.1. The van der Waals surface area contributed by atoms with Crippen LogP contribution in [0.2, 0.25) is 0 Å². The molecule has 27 heavy (non-hydrogen) atoms.